The Labute approximate surface area is 116 Å². The molecule has 0 aliphatic carbocycles. The molecule has 19 heavy (non-hydrogen) atoms. The highest BCUT2D eigenvalue weighted by Gasteiger charge is 2.33. The minimum Gasteiger partial charge on any atom is -0.375 e. The molecule has 2 fully saturated rings. The van der Waals surface area contributed by atoms with E-state index in [2.05, 4.69) is 10.0 Å². The topological polar surface area (TPSA) is 70.7 Å². The summed E-state index contributed by atoms with van der Waals surface area (Å²) in [5.41, 5.74) is 0. The van der Waals surface area contributed by atoms with E-state index in [0.29, 0.717) is 19.7 Å². The molecule has 2 heterocycles. The van der Waals surface area contributed by atoms with Crippen LogP contribution in [0.5, 0.6) is 0 Å². The summed E-state index contributed by atoms with van der Waals surface area (Å²) in [5.74, 6) is 0. The fourth-order valence-corrected chi connectivity index (χ4v) is 4.11. The molecule has 0 spiro atoms. The van der Waals surface area contributed by atoms with Gasteiger partial charge in [0.2, 0.25) is 0 Å². The minimum atomic E-state index is -3.40. The summed E-state index contributed by atoms with van der Waals surface area (Å²) in [7, 11) is -3.40. The lowest BCUT2D eigenvalue weighted by atomic mass is 10.1. The molecule has 0 bridgehead atoms. The van der Waals surface area contributed by atoms with Gasteiger partial charge in [-0.1, -0.05) is 6.42 Å². The summed E-state index contributed by atoms with van der Waals surface area (Å²) < 4.78 is 34.3. The van der Waals surface area contributed by atoms with Crippen LogP contribution in [0.3, 0.4) is 0 Å². The monoisotopic (exact) mass is 291 g/mol. The van der Waals surface area contributed by atoms with E-state index in [9.17, 15) is 8.42 Å². The zero-order valence-electron chi connectivity index (χ0n) is 11.8. The lowest BCUT2D eigenvalue weighted by molar-refractivity contribution is -0.0175. The highest BCUT2D eigenvalue weighted by atomic mass is 32.2. The first kappa shape index (κ1) is 15.2. The Morgan fingerprint density at radius 2 is 2.16 bits per heavy atom. The molecule has 0 radical (unpaired) electrons. The van der Waals surface area contributed by atoms with Gasteiger partial charge in [0, 0.05) is 25.2 Å². The largest absolute Gasteiger partial charge is 0.375 e. The van der Waals surface area contributed by atoms with Crippen LogP contribution in [0.4, 0.5) is 0 Å². The zero-order chi connectivity index (χ0) is 13.9. The average molecular weight is 291 g/mol. The highest BCUT2D eigenvalue weighted by molar-refractivity contribution is 7.87. The van der Waals surface area contributed by atoms with Crippen LogP contribution in [0.25, 0.3) is 0 Å². The molecule has 7 heteroatoms. The van der Waals surface area contributed by atoms with Gasteiger partial charge in [0.1, 0.15) is 0 Å². The maximum Gasteiger partial charge on any atom is 0.279 e. The summed E-state index contributed by atoms with van der Waals surface area (Å²) in [5, 5.41) is 3.34. The second kappa shape index (κ2) is 6.49. The molecule has 0 aromatic carbocycles. The van der Waals surface area contributed by atoms with Crippen LogP contribution in [-0.2, 0) is 14.9 Å². The summed E-state index contributed by atoms with van der Waals surface area (Å²) in [6.07, 6.45) is 3.35. The number of ether oxygens (including phenoxy) is 1. The van der Waals surface area contributed by atoms with E-state index in [1.54, 1.807) is 0 Å². The van der Waals surface area contributed by atoms with Gasteiger partial charge in [0.25, 0.3) is 10.2 Å². The normalized spacial score (nSPS) is 34.3. The molecule has 2 rings (SSSR count). The third-order valence-electron chi connectivity index (χ3n) is 3.78. The van der Waals surface area contributed by atoms with Crippen molar-refractivity contribution in [3.63, 3.8) is 0 Å². The van der Waals surface area contributed by atoms with Gasteiger partial charge in [-0.15, -0.1) is 0 Å². The molecule has 0 aromatic heterocycles. The molecular weight excluding hydrogens is 266 g/mol. The van der Waals surface area contributed by atoms with Crippen molar-refractivity contribution in [3.8, 4) is 0 Å². The number of rotatable bonds is 4. The molecule has 0 aromatic rings. The van der Waals surface area contributed by atoms with Crippen molar-refractivity contribution in [2.24, 2.45) is 0 Å². The van der Waals surface area contributed by atoms with Crippen LogP contribution in [0, 0.1) is 0 Å². The Bertz CT molecular complexity index is 382. The standard InChI is InChI=1S/C12H25N3O3S/c1-10-9-18-11(2)8-15(10)19(16,17)14-7-12-5-3-4-6-13-12/h10-14H,3-9H2,1-2H3. The average Bonchev–Trinajstić information content (AvgIpc) is 2.40. The maximum atomic E-state index is 12.3. The number of nitrogens with one attached hydrogen (secondary N) is 2. The first-order chi connectivity index (χ1) is 8.99. The number of piperidine rings is 1. The Kier molecular flexibility index (Phi) is 5.19. The molecule has 6 nitrogen and oxygen atoms in total. The van der Waals surface area contributed by atoms with E-state index in [0.717, 1.165) is 13.0 Å². The van der Waals surface area contributed by atoms with Crippen molar-refractivity contribution in [1.29, 1.82) is 0 Å². The smallest absolute Gasteiger partial charge is 0.279 e. The van der Waals surface area contributed by atoms with Gasteiger partial charge in [-0.25, -0.2) is 4.72 Å². The van der Waals surface area contributed by atoms with Gasteiger partial charge in [-0.2, -0.15) is 12.7 Å². The number of nitrogens with zero attached hydrogens (tertiary/aromatic N) is 1. The third-order valence-corrected chi connectivity index (χ3v) is 5.44. The van der Waals surface area contributed by atoms with Crippen molar-refractivity contribution in [2.75, 3.05) is 26.2 Å². The molecule has 3 atom stereocenters. The second-order valence-electron chi connectivity index (χ2n) is 5.56. The van der Waals surface area contributed by atoms with E-state index < -0.39 is 10.2 Å². The van der Waals surface area contributed by atoms with Crippen LogP contribution in [0.2, 0.25) is 0 Å². The van der Waals surface area contributed by atoms with Crippen molar-refractivity contribution in [2.45, 2.75) is 51.3 Å². The molecule has 112 valence electrons. The van der Waals surface area contributed by atoms with Gasteiger partial charge in [-0.3, -0.25) is 0 Å². The predicted molar refractivity (Wildman–Crippen MR) is 74.1 cm³/mol. The van der Waals surface area contributed by atoms with E-state index in [4.69, 9.17) is 4.74 Å². The van der Waals surface area contributed by atoms with E-state index >= 15 is 0 Å². The van der Waals surface area contributed by atoms with Gasteiger partial charge >= 0.3 is 0 Å². The lowest BCUT2D eigenvalue weighted by Gasteiger charge is -2.36. The molecule has 2 N–H and O–H groups in total. The van der Waals surface area contributed by atoms with E-state index in [1.165, 1.54) is 17.1 Å². The SMILES string of the molecule is CC1CN(S(=O)(=O)NCC2CCCCN2)C(C)CO1. The predicted octanol–water partition coefficient (Wildman–Crippen LogP) is 0.0721. The van der Waals surface area contributed by atoms with Crippen molar-refractivity contribution in [3.05, 3.63) is 0 Å². The summed E-state index contributed by atoms with van der Waals surface area (Å²) in [4.78, 5) is 0. The molecule has 2 aliphatic heterocycles. The fourth-order valence-electron chi connectivity index (χ4n) is 2.59. The minimum absolute atomic E-state index is 0.0411. The van der Waals surface area contributed by atoms with Gasteiger partial charge in [0.15, 0.2) is 0 Å². The zero-order valence-corrected chi connectivity index (χ0v) is 12.6. The van der Waals surface area contributed by atoms with Crippen LogP contribution >= 0.6 is 0 Å². The van der Waals surface area contributed by atoms with Crippen molar-refractivity contribution >= 4 is 10.2 Å². The lowest BCUT2D eigenvalue weighted by Crippen LogP contribution is -2.55. The first-order valence-electron chi connectivity index (χ1n) is 7.10. The Hall–Kier alpha value is -0.210. The fraction of sp³-hybridized carbons (Fsp3) is 1.00. The van der Waals surface area contributed by atoms with Crippen LogP contribution in [0.1, 0.15) is 33.1 Å². The van der Waals surface area contributed by atoms with Crippen molar-refractivity contribution < 1.29 is 13.2 Å². The van der Waals surface area contributed by atoms with Crippen LogP contribution in [0.15, 0.2) is 0 Å². The summed E-state index contributed by atoms with van der Waals surface area (Å²) >= 11 is 0. The number of morpholine rings is 1. The summed E-state index contributed by atoms with van der Waals surface area (Å²) in [6.45, 7) is 6.12. The Morgan fingerprint density at radius 1 is 1.37 bits per heavy atom. The van der Waals surface area contributed by atoms with Crippen LogP contribution in [-0.4, -0.2) is 57.2 Å². The van der Waals surface area contributed by atoms with E-state index in [1.807, 2.05) is 13.8 Å². The number of hydrogen-bond donors (Lipinski definition) is 2. The molecule has 2 aliphatic rings. The molecule has 0 saturated carbocycles. The van der Waals surface area contributed by atoms with Crippen molar-refractivity contribution in [1.82, 2.24) is 14.3 Å². The van der Waals surface area contributed by atoms with Crippen LogP contribution < -0.4 is 10.0 Å². The summed E-state index contributed by atoms with van der Waals surface area (Å²) in [6, 6.07) is 0.158. The molecule has 0 amide bonds. The Morgan fingerprint density at radius 3 is 2.84 bits per heavy atom. The molecular formula is C12H25N3O3S. The maximum absolute atomic E-state index is 12.3. The quantitative estimate of drug-likeness (QED) is 0.769. The van der Waals surface area contributed by atoms with E-state index in [-0.39, 0.29) is 18.2 Å². The first-order valence-corrected chi connectivity index (χ1v) is 8.54. The third kappa shape index (κ3) is 4.13. The second-order valence-corrected chi connectivity index (χ2v) is 7.27. The Balaban J connectivity index is 1.89. The molecule has 3 unspecified atom stereocenters. The van der Waals surface area contributed by atoms with Gasteiger partial charge < -0.3 is 10.1 Å². The highest BCUT2D eigenvalue weighted by Crippen LogP contribution is 2.15. The van der Waals surface area contributed by atoms with Gasteiger partial charge in [-0.05, 0) is 33.2 Å². The van der Waals surface area contributed by atoms with Gasteiger partial charge in [0.05, 0.1) is 12.7 Å². The molecule has 2 saturated heterocycles. The number of hydrogen-bond acceptors (Lipinski definition) is 4.